The van der Waals surface area contributed by atoms with E-state index in [1.165, 1.54) is 4.90 Å². The minimum Gasteiger partial charge on any atom is -0.444 e. The van der Waals surface area contributed by atoms with E-state index in [4.69, 9.17) is 9.47 Å². The zero-order chi connectivity index (χ0) is 13.4. The van der Waals surface area contributed by atoms with Gasteiger partial charge in [-0.2, -0.15) is 0 Å². The molecule has 100 valence electrons. The predicted molar refractivity (Wildman–Crippen MR) is 63.6 cm³/mol. The van der Waals surface area contributed by atoms with Gasteiger partial charge in [-0.15, -0.1) is 0 Å². The maximum atomic E-state index is 12.1. The molecule has 0 radical (unpaired) electrons. The first-order valence-electron chi connectivity index (χ1n) is 5.89. The number of carbonyl (C=O) groups is 1. The highest BCUT2D eigenvalue weighted by atomic mass is 16.6. The Kier molecular flexibility index (Phi) is 3.74. The molecule has 1 aliphatic heterocycles. The maximum absolute atomic E-state index is 12.1. The second-order valence-corrected chi connectivity index (χ2v) is 5.87. The van der Waals surface area contributed by atoms with Crippen molar-refractivity contribution in [2.24, 2.45) is 0 Å². The summed E-state index contributed by atoms with van der Waals surface area (Å²) in [7, 11) is 0. The standard InChI is InChI=1S/C12H23NO4/c1-8-9(7-14)13(12(5,6)16-8)10(15)17-11(2,3)4/h8-9,14H,7H2,1-6H3/t8-,9-/m0/s1. The van der Waals surface area contributed by atoms with Crippen LogP contribution in [0.1, 0.15) is 41.5 Å². The van der Waals surface area contributed by atoms with Crippen molar-refractivity contribution in [1.82, 2.24) is 4.90 Å². The smallest absolute Gasteiger partial charge is 0.412 e. The minimum absolute atomic E-state index is 0.135. The van der Waals surface area contributed by atoms with E-state index >= 15 is 0 Å². The lowest BCUT2D eigenvalue weighted by Gasteiger charge is -2.34. The number of hydrogen-bond donors (Lipinski definition) is 1. The van der Waals surface area contributed by atoms with Crippen molar-refractivity contribution in [2.45, 2.75) is 65.0 Å². The van der Waals surface area contributed by atoms with Crippen molar-refractivity contribution in [1.29, 1.82) is 0 Å². The molecule has 0 saturated carbocycles. The van der Waals surface area contributed by atoms with Gasteiger partial charge in [0.15, 0.2) is 0 Å². The van der Waals surface area contributed by atoms with E-state index < -0.39 is 17.4 Å². The summed E-state index contributed by atoms with van der Waals surface area (Å²) in [5, 5.41) is 9.36. The fraction of sp³-hybridized carbons (Fsp3) is 0.917. The summed E-state index contributed by atoms with van der Waals surface area (Å²) in [5.74, 6) is 0. The van der Waals surface area contributed by atoms with Gasteiger partial charge in [-0.3, -0.25) is 4.90 Å². The second kappa shape index (κ2) is 4.46. The first-order valence-corrected chi connectivity index (χ1v) is 5.89. The third kappa shape index (κ3) is 3.10. The molecule has 1 amide bonds. The van der Waals surface area contributed by atoms with E-state index in [0.717, 1.165) is 0 Å². The van der Waals surface area contributed by atoms with E-state index in [-0.39, 0.29) is 18.8 Å². The number of aliphatic hydroxyl groups excluding tert-OH is 1. The Morgan fingerprint density at radius 2 is 2.00 bits per heavy atom. The van der Waals surface area contributed by atoms with Crippen LogP contribution >= 0.6 is 0 Å². The first kappa shape index (κ1) is 14.3. The van der Waals surface area contributed by atoms with Crippen LogP contribution in [-0.2, 0) is 9.47 Å². The Hall–Kier alpha value is -0.810. The molecule has 0 aromatic heterocycles. The molecule has 5 heteroatoms. The summed E-state index contributed by atoms with van der Waals surface area (Å²) in [6.07, 6.45) is -0.659. The largest absolute Gasteiger partial charge is 0.444 e. The van der Waals surface area contributed by atoms with Crippen LogP contribution in [0.5, 0.6) is 0 Å². The van der Waals surface area contributed by atoms with Crippen LogP contribution in [0.25, 0.3) is 0 Å². The normalized spacial score (nSPS) is 28.3. The molecule has 0 aliphatic carbocycles. The second-order valence-electron chi connectivity index (χ2n) is 5.87. The minimum atomic E-state index is -0.755. The number of amides is 1. The molecule has 0 aromatic carbocycles. The first-order chi connectivity index (χ1) is 7.58. The van der Waals surface area contributed by atoms with E-state index in [9.17, 15) is 9.90 Å². The number of nitrogens with zero attached hydrogens (tertiary/aromatic N) is 1. The highest BCUT2D eigenvalue weighted by Crippen LogP contribution is 2.33. The molecule has 0 unspecified atom stereocenters. The SMILES string of the molecule is C[C@@H]1OC(C)(C)N(C(=O)OC(C)(C)C)[C@H]1CO. The van der Waals surface area contributed by atoms with Crippen LogP contribution in [0.2, 0.25) is 0 Å². The summed E-state index contributed by atoms with van der Waals surface area (Å²) in [6, 6.07) is -0.361. The molecule has 1 saturated heterocycles. The Morgan fingerprint density at radius 1 is 1.47 bits per heavy atom. The number of aliphatic hydroxyl groups is 1. The number of carbonyl (C=O) groups excluding carboxylic acids is 1. The van der Waals surface area contributed by atoms with Gasteiger partial charge in [0.1, 0.15) is 11.3 Å². The maximum Gasteiger partial charge on any atom is 0.412 e. The summed E-state index contributed by atoms with van der Waals surface area (Å²) < 4.78 is 11.0. The molecule has 0 spiro atoms. The van der Waals surface area contributed by atoms with Crippen molar-refractivity contribution in [3.63, 3.8) is 0 Å². The summed E-state index contributed by atoms with van der Waals surface area (Å²) in [4.78, 5) is 13.6. The van der Waals surface area contributed by atoms with E-state index in [0.29, 0.717) is 0 Å². The molecular formula is C12H23NO4. The molecule has 1 fully saturated rings. The highest BCUT2D eigenvalue weighted by Gasteiger charge is 2.49. The lowest BCUT2D eigenvalue weighted by molar-refractivity contribution is -0.0762. The molecule has 1 rings (SSSR count). The van der Waals surface area contributed by atoms with Gasteiger partial charge in [-0.05, 0) is 41.5 Å². The summed E-state index contributed by atoms with van der Waals surface area (Å²) in [6.45, 7) is 10.7. The summed E-state index contributed by atoms with van der Waals surface area (Å²) >= 11 is 0. The Labute approximate surface area is 103 Å². The van der Waals surface area contributed by atoms with Gasteiger partial charge in [0.05, 0.1) is 18.8 Å². The van der Waals surface area contributed by atoms with Gasteiger partial charge in [0, 0.05) is 0 Å². The molecular weight excluding hydrogens is 222 g/mol. The van der Waals surface area contributed by atoms with Crippen LogP contribution in [0.15, 0.2) is 0 Å². The average Bonchev–Trinajstić information content (AvgIpc) is 2.31. The van der Waals surface area contributed by atoms with Gasteiger partial charge in [0.25, 0.3) is 0 Å². The number of rotatable bonds is 1. The van der Waals surface area contributed by atoms with Gasteiger partial charge in [-0.25, -0.2) is 4.79 Å². The van der Waals surface area contributed by atoms with Gasteiger partial charge >= 0.3 is 6.09 Å². The molecule has 1 heterocycles. The summed E-state index contributed by atoms with van der Waals surface area (Å²) in [5.41, 5.74) is -1.31. The molecule has 17 heavy (non-hydrogen) atoms. The third-order valence-corrected chi connectivity index (χ3v) is 2.71. The molecule has 2 atom stereocenters. The molecule has 0 aromatic rings. The van der Waals surface area contributed by atoms with E-state index in [2.05, 4.69) is 0 Å². The topological polar surface area (TPSA) is 59.0 Å². The van der Waals surface area contributed by atoms with Crippen LogP contribution in [0.3, 0.4) is 0 Å². The van der Waals surface area contributed by atoms with Crippen LogP contribution in [-0.4, -0.2) is 46.2 Å². The third-order valence-electron chi connectivity index (χ3n) is 2.71. The van der Waals surface area contributed by atoms with E-state index in [1.54, 1.807) is 13.8 Å². The Balaban J connectivity index is 2.89. The lowest BCUT2D eigenvalue weighted by Crippen LogP contribution is -2.51. The number of hydrogen-bond acceptors (Lipinski definition) is 4. The molecule has 1 aliphatic rings. The zero-order valence-corrected chi connectivity index (χ0v) is 11.5. The lowest BCUT2D eigenvalue weighted by atomic mass is 10.1. The molecule has 1 N–H and O–H groups in total. The Morgan fingerprint density at radius 3 is 2.41 bits per heavy atom. The van der Waals surface area contributed by atoms with Crippen LogP contribution < -0.4 is 0 Å². The highest BCUT2D eigenvalue weighted by molar-refractivity contribution is 5.69. The van der Waals surface area contributed by atoms with Crippen molar-refractivity contribution in [3.05, 3.63) is 0 Å². The van der Waals surface area contributed by atoms with Crippen molar-refractivity contribution < 1.29 is 19.4 Å². The van der Waals surface area contributed by atoms with Crippen molar-refractivity contribution in [2.75, 3.05) is 6.61 Å². The average molecular weight is 245 g/mol. The van der Waals surface area contributed by atoms with Crippen molar-refractivity contribution in [3.8, 4) is 0 Å². The van der Waals surface area contributed by atoms with Crippen LogP contribution in [0, 0.1) is 0 Å². The van der Waals surface area contributed by atoms with Gasteiger partial charge in [-0.1, -0.05) is 0 Å². The molecule has 0 bridgehead atoms. The van der Waals surface area contributed by atoms with Gasteiger partial charge in [0.2, 0.25) is 0 Å². The molecule has 5 nitrogen and oxygen atoms in total. The Bertz CT molecular complexity index is 295. The van der Waals surface area contributed by atoms with E-state index in [1.807, 2.05) is 27.7 Å². The van der Waals surface area contributed by atoms with Crippen molar-refractivity contribution >= 4 is 6.09 Å². The predicted octanol–water partition coefficient (Wildman–Crippen LogP) is 1.74. The fourth-order valence-corrected chi connectivity index (χ4v) is 2.10. The van der Waals surface area contributed by atoms with Gasteiger partial charge < -0.3 is 14.6 Å². The fourth-order valence-electron chi connectivity index (χ4n) is 2.10. The monoisotopic (exact) mass is 245 g/mol. The number of ether oxygens (including phenoxy) is 2. The zero-order valence-electron chi connectivity index (χ0n) is 11.5. The quantitative estimate of drug-likeness (QED) is 0.764. The van der Waals surface area contributed by atoms with Crippen LogP contribution in [0.4, 0.5) is 4.79 Å².